The second-order valence-corrected chi connectivity index (χ2v) is 4.07. The van der Waals surface area contributed by atoms with Gasteiger partial charge in [0.1, 0.15) is 5.69 Å². The first-order chi connectivity index (χ1) is 9.36. The molecule has 1 N–H and O–H groups in total. The Labute approximate surface area is 114 Å². The van der Waals surface area contributed by atoms with Crippen LogP contribution in [-0.4, -0.2) is 11.5 Å². The van der Waals surface area contributed by atoms with E-state index in [0.29, 0.717) is 25.5 Å². The highest BCUT2D eigenvalue weighted by molar-refractivity contribution is 5.62. The maximum absolute atomic E-state index is 12.5. The summed E-state index contributed by atoms with van der Waals surface area (Å²) in [4.78, 5) is 9.97. The van der Waals surface area contributed by atoms with Crippen LogP contribution in [0.5, 0.6) is 0 Å². The Morgan fingerprint density at radius 3 is 2.60 bits per heavy atom. The van der Waals surface area contributed by atoms with E-state index >= 15 is 0 Å². The Balaban J connectivity index is 2.81. The molecule has 1 aromatic carbocycles. The van der Waals surface area contributed by atoms with Crippen molar-refractivity contribution < 1.29 is 18.1 Å². The molecule has 0 radical (unpaired) electrons. The van der Waals surface area contributed by atoms with Gasteiger partial charge in [-0.3, -0.25) is 10.1 Å². The van der Waals surface area contributed by atoms with Crippen LogP contribution in [0.1, 0.15) is 24.8 Å². The Hall–Kier alpha value is -2.23. The molecule has 0 bridgehead atoms. The van der Waals surface area contributed by atoms with E-state index in [4.69, 9.17) is 6.42 Å². The molecule has 0 atom stereocenters. The maximum atomic E-state index is 12.5. The number of unbranched alkanes of at least 4 members (excludes halogenated alkanes) is 2. The van der Waals surface area contributed by atoms with E-state index in [1.165, 1.54) is 0 Å². The third kappa shape index (κ3) is 4.46. The lowest BCUT2D eigenvalue weighted by atomic mass is 10.1. The molecule has 1 rings (SSSR count). The summed E-state index contributed by atoms with van der Waals surface area (Å²) in [6.45, 7) is 0.411. The molecule has 0 aliphatic rings. The molecule has 0 aromatic heterocycles. The number of benzene rings is 1. The van der Waals surface area contributed by atoms with E-state index in [2.05, 4.69) is 11.2 Å². The fourth-order valence-electron chi connectivity index (χ4n) is 1.58. The van der Waals surface area contributed by atoms with Gasteiger partial charge in [-0.05, 0) is 25.0 Å². The van der Waals surface area contributed by atoms with Crippen LogP contribution in [0.2, 0.25) is 0 Å². The zero-order valence-corrected chi connectivity index (χ0v) is 10.5. The van der Waals surface area contributed by atoms with Gasteiger partial charge in [0.05, 0.1) is 10.5 Å². The number of hydrogen-bond acceptors (Lipinski definition) is 3. The predicted octanol–water partition coefficient (Wildman–Crippen LogP) is 3.83. The molecule has 0 amide bonds. The molecule has 0 aliphatic carbocycles. The summed E-state index contributed by atoms with van der Waals surface area (Å²) in [5.41, 5.74) is -1.55. The predicted molar refractivity (Wildman–Crippen MR) is 69.3 cm³/mol. The minimum atomic E-state index is -4.60. The lowest BCUT2D eigenvalue weighted by Crippen LogP contribution is -2.08. The van der Waals surface area contributed by atoms with Gasteiger partial charge in [0.15, 0.2) is 0 Å². The van der Waals surface area contributed by atoms with Gasteiger partial charge in [-0.1, -0.05) is 0 Å². The number of alkyl halides is 3. The number of nitro groups is 1. The van der Waals surface area contributed by atoms with Gasteiger partial charge in [0, 0.05) is 19.0 Å². The number of nitrogens with zero attached hydrogens (tertiary/aromatic N) is 1. The van der Waals surface area contributed by atoms with E-state index in [-0.39, 0.29) is 5.69 Å². The van der Waals surface area contributed by atoms with Crippen LogP contribution in [0, 0.1) is 22.5 Å². The zero-order chi connectivity index (χ0) is 15.2. The quantitative estimate of drug-likeness (QED) is 0.374. The van der Waals surface area contributed by atoms with Crippen molar-refractivity contribution in [3.63, 3.8) is 0 Å². The standard InChI is InChI=1S/C13H13F3N2O2/c1-2-3-4-5-8-17-11-7-6-10(13(14,15)16)9-12(11)18(19)20/h1,6-7,9,17H,3-5,8H2. The van der Waals surface area contributed by atoms with Crippen molar-refractivity contribution in [3.8, 4) is 12.3 Å². The molecule has 108 valence electrons. The molecular formula is C13H13F3N2O2. The smallest absolute Gasteiger partial charge is 0.379 e. The number of halogens is 3. The summed E-state index contributed by atoms with van der Waals surface area (Å²) in [5, 5.41) is 13.6. The largest absolute Gasteiger partial charge is 0.416 e. The third-order valence-electron chi connectivity index (χ3n) is 2.59. The first-order valence-corrected chi connectivity index (χ1v) is 5.89. The number of anilines is 1. The van der Waals surface area contributed by atoms with Crippen LogP contribution >= 0.6 is 0 Å². The van der Waals surface area contributed by atoms with E-state index in [9.17, 15) is 23.3 Å². The van der Waals surface area contributed by atoms with Crippen molar-refractivity contribution in [2.75, 3.05) is 11.9 Å². The van der Waals surface area contributed by atoms with Crippen LogP contribution in [0.15, 0.2) is 18.2 Å². The molecular weight excluding hydrogens is 273 g/mol. The SMILES string of the molecule is C#CCCCCNc1ccc(C(F)(F)F)cc1[N+](=O)[O-]. The number of nitrogens with one attached hydrogen (secondary N) is 1. The highest BCUT2D eigenvalue weighted by Crippen LogP contribution is 2.34. The summed E-state index contributed by atoms with van der Waals surface area (Å²) < 4.78 is 37.5. The van der Waals surface area contributed by atoms with Crippen molar-refractivity contribution in [3.05, 3.63) is 33.9 Å². The first kappa shape index (κ1) is 15.8. The summed E-state index contributed by atoms with van der Waals surface area (Å²) >= 11 is 0. The van der Waals surface area contributed by atoms with Gasteiger partial charge in [-0.25, -0.2) is 0 Å². The molecule has 0 saturated heterocycles. The summed E-state index contributed by atoms with van der Waals surface area (Å²) in [5.74, 6) is 2.46. The number of rotatable bonds is 6. The average molecular weight is 286 g/mol. The average Bonchev–Trinajstić information content (AvgIpc) is 2.37. The lowest BCUT2D eigenvalue weighted by molar-refractivity contribution is -0.384. The summed E-state index contributed by atoms with van der Waals surface area (Å²) in [6.07, 6.45) is 2.50. The minimum absolute atomic E-state index is 0.0729. The van der Waals surface area contributed by atoms with E-state index in [0.717, 1.165) is 18.6 Å². The van der Waals surface area contributed by atoms with Crippen LogP contribution < -0.4 is 5.32 Å². The molecule has 0 heterocycles. The molecule has 0 saturated carbocycles. The number of hydrogen-bond donors (Lipinski definition) is 1. The maximum Gasteiger partial charge on any atom is 0.416 e. The monoisotopic (exact) mass is 286 g/mol. The topological polar surface area (TPSA) is 55.2 Å². The molecule has 7 heteroatoms. The van der Waals surface area contributed by atoms with Gasteiger partial charge in [0.25, 0.3) is 5.69 Å². The Morgan fingerprint density at radius 1 is 1.35 bits per heavy atom. The highest BCUT2D eigenvalue weighted by Gasteiger charge is 2.32. The van der Waals surface area contributed by atoms with Gasteiger partial charge < -0.3 is 5.32 Å². The Morgan fingerprint density at radius 2 is 2.05 bits per heavy atom. The van der Waals surface area contributed by atoms with Crippen molar-refractivity contribution in [1.29, 1.82) is 0 Å². The third-order valence-corrected chi connectivity index (χ3v) is 2.59. The highest BCUT2D eigenvalue weighted by atomic mass is 19.4. The fourth-order valence-corrected chi connectivity index (χ4v) is 1.58. The minimum Gasteiger partial charge on any atom is -0.379 e. The van der Waals surface area contributed by atoms with Crippen LogP contribution in [0.4, 0.5) is 24.5 Å². The van der Waals surface area contributed by atoms with Crippen LogP contribution in [0.25, 0.3) is 0 Å². The van der Waals surface area contributed by atoms with E-state index in [1.54, 1.807) is 0 Å². The van der Waals surface area contributed by atoms with Gasteiger partial charge in [0.2, 0.25) is 0 Å². The molecule has 20 heavy (non-hydrogen) atoms. The molecule has 0 unspecified atom stereocenters. The molecule has 1 aromatic rings. The summed E-state index contributed by atoms with van der Waals surface area (Å²) in [6, 6.07) is 2.42. The lowest BCUT2D eigenvalue weighted by Gasteiger charge is -2.10. The van der Waals surface area contributed by atoms with E-state index in [1.807, 2.05) is 0 Å². The second-order valence-electron chi connectivity index (χ2n) is 4.07. The van der Waals surface area contributed by atoms with Crippen molar-refractivity contribution in [1.82, 2.24) is 0 Å². The normalized spacial score (nSPS) is 10.9. The molecule has 0 aliphatic heterocycles. The van der Waals surface area contributed by atoms with Gasteiger partial charge in [-0.15, -0.1) is 12.3 Å². The fraction of sp³-hybridized carbons (Fsp3) is 0.385. The van der Waals surface area contributed by atoms with Crippen molar-refractivity contribution in [2.24, 2.45) is 0 Å². The van der Waals surface area contributed by atoms with Gasteiger partial charge >= 0.3 is 6.18 Å². The van der Waals surface area contributed by atoms with Gasteiger partial charge in [-0.2, -0.15) is 13.2 Å². The molecule has 4 nitrogen and oxygen atoms in total. The van der Waals surface area contributed by atoms with Crippen molar-refractivity contribution in [2.45, 2.75) is 25.4 Å². The molecule has 0 fully saturated rings. The molecule has 0 spiro atoms. The Bertz CT molecular complexity index is 521. The number of nitro benzene ring substituents is 1. The van der Waals surface area contributed by atoms with Crippen molar-refractivity contribution >= 4 is 11.4 Å². The first-order valence-electron chi connectivity index (χ1n) is 5.89. The summed E-state index contributed by atoms with van der Waals surface area (Å²) in [7, 11) is 0. The zero-order valence-electron chi connectivity index (χ0n) is 10.5. The van der Waals surface area contributed by atoms with Crippen LogP contribution in [0.3, 0.4) is 0 Å². The van der Waals surface area contributed by atoms with Crippen LogP contribution in [-0.2, 0) is 6.18 Å². The second kappa shape index (κ2) is 6.80. The van der Waals surface area contributed by atoms with E-state index < -0.39 is 22.4 Å². The Kier molecular flexibility index (Phi) is 5.38. The number of terminal acetylenes is 1.